The summed E-state index contributed by atoms with van der Waals surface area (Å²) in [4.78, 5) is 15.7. The quantitative estimate of drug-likeness (QED) is 0.329. The highest BCUT2D eigenvalue weighted by molar-refractivity contribution is 5.87. The van der Waals surface area contributed by atoms with Crippen molar-refractivity contribution >= 4 is 34.7 Å². The van der Waals surface area contributed by atoms with Gasteiger partial charge in [-0.1, -0.05) is 12.1 Å². The molecule has 156 valence electrons. The summed E-state index contributed by atoms with van der Waals surface area (Å²) in [7, 11) is 5.47. The predicted octanol–water partition coefficient (Wildman–Crippen LogP) is 5.48. The summed E-state index contributed by atoms with van der Waals surface area (Å²) in [5, 5.41) is 11.8. The summed E-state index contributed by atoms with van der Waals surface area (Å²) in [5.74, 6) is 1.50. The zero-order valence-corrected chi connectivity index (χ0v) is 17.6. The first-order valence-electron chi connectivity index (χ1n) is 9.79. The predicted molar refractivity (Wildman–Crippen MR) is 124 cm³/mol. The van der Waals surface area contributed by atoms with Crippen molar-refractivity contribution in [2.45, 2.75) is 0 Å². The smallest absolute Gasteiger partial charge is 0.174 e. The molecule has 1 aliphatic heterocycles. The third-order valence-electron chi connectivity index (χ3n) is 5.10. The molecule has 1 heterocycles. The van der Waals surface area contributed by atoms with Crippen LogP contribution in [0.1, 0.15) is 0 Å². The van der Waals surface area contributed by atoms with Crippen LogP contribution in [0, 0.1) is 0 Å². The van der Waals surface area contributed by atoms with Gasteiger partial charge in [0.05, 0.1) is 24.2 Å². The number of hydrogen-bond acceptors (Lipinski definition) is 7. The number of carbonyl (C=O) groups excluding carboxylic acids is 1. The van der Waals surface area contributed by atoms with Crippen molar-refractivity contribution < 1.29 is 9.53 Å². The van der Waals surface area contributed by atoms with Crippen molar-refractivity contribution in [3.8, 4) is 5.75 Å². The molecule has 3 aromatic rings. The Morgan fingerprint density at radius 3 is 1.94 bits per heavy atom. The maximum atomic E-state index is 11.8. The van der Waals surface area contributed by atoms with E-state index in [0.717, 1.165) is 34.8 Å². The molecule has 0 saturated carbocycles. The monoisotopic (exact) mass is 413 g/mol. The molecule has 1 N–H and O–H groups in total. The lowest BCUT2D eigenvalue weighted by atomic mass is 10.2. The molecule has 0 atom stereocenters. The van der Waals surface area contributed by atoms with E-state index in [2.05, 4.69) is 15.5 Å². The Balaban J connectivity index is 1.51. The van der Waals surface area contributed by atoms with Crippen LogP contribution in [0.5, 0.6) is 5.75 Å². The maximum Gasteiger partial charge on any atom is 0.174 e. The SMILES string of the molecule is COc1ccc(Nc2ccc(N=NC(C=O)=C3N(C)c4ccccc4N3C)cc2)cc1. The highest BCUT2D eigenvalue weighted by Gasteiger charge is 2.28. The third kappa shape index (κ3) is 4.11. The molecule has 0 bridgehead atoms. The summed E-state index contributed by atoms with van der Waals surface area (Å²) in [6.07, 6.45) is 0.733. The minimum atomic E-state index is 0.265. The van der Waals surface area contributed by atoms with E-state index in [0.29, 0.717) is 11.5 Å². The molecule has 7 heteroatoms. The maximum absolute atomic E-state index is 11.8. The highest BCUT2D eigenvalue weighted by Crippen LogP contribution is 2.40. The summed E-state index contributed by atoms with van der Waals surface area (Å²) in [5.41, 5.74) is 4.83. The molecule has 3 aromatic carbocycles. The Hall–Kier alpha value is -4.13. The second-order valence-corrected chi connectivity index (χ2v) is 7.03. The summed E-state index contributed by atoms with van der Waals surface area (Å²) < 4.78 is 5.17. The first-order valence-corrected chi connectivity index (χ1v) is 9.79. The second kappa shape index (κ2) is 8.71. The van der Waals surface area contributed by atoms with Gasteiger partial charge in [0, 0.05) is 25.5 Å². The standard InChI is InChI=1S/C24H23N5O2/c1-28-22-6-4-5-7-23(22)29(2)24(28)21(16-30)27-26-19-10-8-17(9-11-19)25-18-12-14-20(31-3)15-13-18/h4-16,25H,1-3H3. The number of para-hydroxylation sites is 2. The van der Waals surface area contributed by atoms with Crippen LogP contribution in [0.3, 0.4) is 0 Å². The number of anilines is 4. The lowest BCUT2D eigenvalue weighted by molar-refractivity contribution is -0.105. The number of azo groups is 1. The zero-order valence-electron chi connectivity index (χ0n) is 17.6. The van der Waals surface area contributed by atoms with Crippen molar-refractivity contribution in [1.29, 1.82) is 0 Å². The number of rotatable bonds is 6. The molecule has 0 radical (unpaired) electrons. The average Bonchev–Trinajstić information content (AvgIpc) is 3.06. The van der Waals surface area contributed by atoms with E-state index in [1.165, 1.54) is 0 Å². The van der Waals surface area contributed by atoms with Gasteiger partial charge in [0.15, 0.2) is 12.0 Å². The molecule has 1 aliphatic rings. The number of hydrogen-bond donors (Lipinski definition) is 1. The van der Waals surface area contributed by atoms with Gasteiger partial charge in [0.2, 0.25) is 0 Å². The van der Waals surface area contributed by atoms with Gasteiger partial charge in [-0.15, -0.1) is 5.11 Å². The number of allylic oxidation sites excluding steroid dienone is 1. The van der Waals surface area contributed by atoms with Crippen molar-refractivity contribution in [2.75, 3.05) is 36.3 Å². The minimum Gasteiger partial charge on any atom is -0.497 e. The molecular weight excluding hydrogens is 390 g/mol. The van der Waals surface area contributed by atoms with Crippen LogP contribution in [-0.4, -0.2) is 27.5 Å². The Kier molecular flexibility index (Phi) is 5.66. The molecule has 31 heavy (non-hydrogen) atoms. The molecule has 0 amide bonds. The van der Waals surface area contributed by atoms with E-state index in [9.17, 15) is 4.79 Å². The van der Waals surface area contributed by atoms with Gasteiger partial charge < -0.3 is 19.9 Å². The van der Waals surface area contributed by atoms with Crippen molar-refractivity contribution in [2.24, 2.45) is 10.2 Å². The first kappa shape index (κ1) is 20.2. The molecule has 0 aliphatic carbocycles. The van der Waals surface area contributed by atoms with Gasteiger partial charge in [0.1, 0.15) is 11.6 Å². The number of ether oxygens (including phenoxy) is 1. The summed E-state index contributed by atoms with van der Waals surface area (Å²) >= 11 is 0. The van der Waals surface area contributed by atoms with Crippen LogP contribution < -0.4 is 19.9 Å². The fraction of sp³-hybridized carbons (Fsp3) is 0.125. The van der Waals surface area contributed by atoms with Gasteiger partial charge in [-0.05, 0) is 60.7 Å². The lowest BCUT2D eigenvalue weighted by Crippen LogP contribution is -2.24. The number of nitrogens with one attached hydrogen (secondary N) is 1. The fourth-order valence-electron chi connectivity index (χ4n) is 3.51. The zero-order chi connectivity index (χ0) is 21.8. The van der Waals surface area contributed by atoms with Crippen LogP contribution in [0.25, 0.3) is 0 Å². The normalized spacial score (nSPS) is 12.8. The van der Waals surface area contributed by atoms with E-state index in [1.54, 1.807) is 7.11 Å². The van der Waals surface area contributed by atoms with Crippen molar-refractivity contribution in [1.82, 2.24) is 0 Å². The van der Waals surface area contributed by atoms with Gasteiger partial charge in [-0.25, -0.2) is 0 Å². The molecule has 0 unspecified atom stereocenters. The second-order valence-electron chi connectivity index (χ2n) is 7.03. The molecule has 4 rings (SSSR count). The molecule has 7 nitrogen and oxygen atoms in total. The Labute approximate surface area is 181 Å². The first-order chi connectivity index (χ1) is 15.1. The van der Waals surface area contributed by atoms with Gasteiger partial charge in [0.25, 0.3) is 0 Å². The van der Waals surface area contributed by atoms with Gasteiger partial charge >= 0.3 is 0 Å². The number of carbonyl (C=O) groups is 1. The molecule has 0 spiro atoms. The Morgan fingerprint density at radius 2 is 1.42 bits per heavy atom. The van der Waals surface area contributed by atoms with Crippen LogP contribution in [0.4, 0.5) is 28.4 Å². The van der Waals surface area contributed by atoms with Crippen LogP contribution in [-0.2, 0) is 4.79 Å². The van der Waals surface area contributed by atoms with Gasteiger partial charge in [-0.3, -0.25) is 4.79 Å². The average molecular weight is 413 g/mol. The summed E-state index contributed by atoms with van der Waals surface area (Å²) in [6, 6.07) is 23.2. The van der Waals surface area contributed by atoms with Crippen molar-refractivity contribution in [3.05, 3.63) is 84.3 Å². The number of fused-ring (bicyclic) bond motifs is 1. The highest BCUT2D eigenvalue weighted by atomic mass is 16.5. The van der Waals surface area contributed by atoms with Crippen LogP contribution >= 0.6 is 0 Å². The Bertz CT molecular complexity index is 1110. The molecule has 0 saturated heterocycles. The van der Waals surface area contributed by atoms with E-state index >= 15 is 0 Å². The van der Waals surface area contributed by atoms with Crippen LogP contribution in [0.2, 0.25) is 0 Å². The molecular formula is C24H23N5O2. The summed E-state index contributed by atoms with van der Waals surface area (Å²) in [6.45, 7) is 0. The fourth-order valence-corrected chi connectivity index (χ4v) is 3.51. The number of aldehydes is 1. The van der Waals surface area contributed by atoms with E-state index in [1.807, 2.05) is 96.7 Å². The topological polar surface area (TPSA) is 69.5 Å². The van der Waals surface area contributed by atoms with Crippen molar-refractivity contribution in [3.63, 3.8) is 0 Å². The molecule has 0 aromatic heterocycles. The third-order valence-corrected chi connectivity index (χ3v) is 5.10. The number of methoxy groups -OCH3 is 1. The van der Waals surface area contributed by atoms with E-state index in [4.69, 9.17) is 4.74 Å². The number of benzene rings is 3. The van der Waals surface area contributed by atoms with Crippen LogP contribution in [0.15, 0.2) is 94.5 Å². The minimum absolute atomic E-state index is 0.265. The van der Waals surface area contributed by atoms with E-state index < -0.39 is 0 Å². The largest absolute Gasteiger partial charge is 0.497 e. The van der Waals surface area contributed by atoms with E-state index in [-0.39, 0.29) is 5.70 Å². The molecule has 0 fully saturated rings. The number of nitrogens with zero attached hydrogens (tertiary/aromatic N) is 4. The Morgan fingerprint density at radius 1 is 0.871 bits per heavy atom. The lowest BCUT2D eigenvalue weighted by Gasteiger charge is -2.18. The van der Waals surface area contributed by atoms with Gasteiger partial charge in [-0.2, -0.15) is 5.11 Å².